The molecule has 1 N–H and O–H groups in total. The van der Waals surface area contributed by atoms with Crippen molar-refractivity contribution < 1.29 is 4.79 Å². The van der Waals surface area contributed by atoms with Gasteiger partial charge in [0.1, 0.15) is 5.70 Å². The van der Waals surface area contributed by atoms with Gasteiger partial charge in [-0.05, 0) is 35.6 Å². The third-order valence-corrected chi connectivity index (χ3v) is 6.83. The summed E-state index contributed by atoms with van der Waals surface area (Å²) in [6.07, 6.45) is 1.66. The Kier molecular flexibility index (Phi) is 5.53. The zero-order valence-electron chi connectivity index (χ0n) is 16.9. The summed E-state index contributed by atoms with van der Waals surface area (Å²) in [6.45, 7) is 0. The van der Waals surface area contributed by atoms with E-state index in [-0.39, 0.29) is 12.1 Å². The van der Waals surface area contributed by atoms with Crippen LogP contribution in [0.25, 0.3) is 5.70 Å². The van der Waals surface area contributed by atoms with Gasteiger partial charge in [0.25, 0.3) is 5.91 Å². The van der Waals surface area contributed by atoms with Crippen LogP contribution in [0.2, 0.25) is 0 Å². The molecule has 0 radical (unpaired) electrons. The van der Waals surface area contributed by atoms with Crippen LogP contribution < -0.4 is 15.9 Å². The van der Waals surface area contributed by atoms with Gasteiger partial charge in [0.2, 0.25) is 0 Å². The largest absolute Gasteiger partial charge is 0.298 e. The van der Waals surface area contributed by atoms with Gasteiger partial charge in [-0.1, -0.05) is 72.4 Å². The number of hydrazone groups is 1. The van der Waals surface area contributed by atoms with Gasteiger partial charge in [-0.2, -0.15) is 0 Å². The molecule has 1 amide bonds. The standard InChI is InChI=1S/C24H20N4OS2/c1-30-18-13-11-17(12-14-18)22-25-20-10-6-5-9-19(20)21-23(29)26-24(27-28(21)22)31-15-16-7-3-2-4-8-16/h2-14,22H,15H2,1H3,(H,26,27,29)/t22-/m0/s1. The van der Waals surface area contributed by atoms with E-state index in [1.807, 2.05) is 42.5 Å². The van der Waals surface area contributed by atoms with E-state index in [0.717, 1.165) is 21.9 Å². The topological polar surface area (TPSA) is 57.1 Å². The van der Waals surface area contributed by atoms with Crippen LogP contribution in [0.15, 0.2) is 93.9 Å². The summed E-state index contributed by atoms with van der Waals surface area (Å²) >= 11 is 3.21. The van der Waals surface area contributed by atoms with Crippen LogP contribution in [0.1, 0.15) is 17.3 Å². The minimum Gasteiger partial charge on any atom is -0.298 e. The van der Waals surface area contributed by atoms with Crippen LogP contribution >= 0.6 is 23.5 Å². The monoisotopic (exact) mass is 444 g/mol. The Morgan fingerprint density at radius 3 is 2.48 bits per heavy atom. The number of hydrogen-bond donors (Lipinski definition) is 1. The SMILES string of the molecule is CSc1ccc([C@H]2N=c3ccccc3=C3C(=O)NC(SCc4ccccc4)=NN32)cc1. The highest BCUT2D eigenvalue weighted by molar-refractivity contribution is 8.13. The van der Waals surface area contributed by atoms with E-state index < -0.39 is 0 Å². The maximum Gasteiger partial charge on any atom is 0.276 e. The number of nitrogens with one attached hydrogen (secondary N) is 1. The summed E-state index contributed by atoms with van der Waals surface area (Å²) in [6, 6.07) is 26.2. The first-order valence-electron chi connectivity index (χ1n) is 9.90. The summed E-state index contributed by atoms with van der Waals surface area (Å²) in [5.41, 5.74) is 2.71. The fourth-order valence-electron chi connectivity index (χ4n) is 3.61. The first-order valence-corrected chi connectivity index (χ1v) is 12.1. The van der Waals surface area contributed by atoms with Crippen molar-refractivity contribution in [3.8, 4) is 0 Å². The molecule has 0 aromatic heterocycles. The molecule has 0 aliphatic carbocycles. The van der Waals surface area contributed by atoms with E-state index in [1.165, 1.54) is 22.2 Å². The molecule has 2 aliphatic rings. The van der Waals surface area contributed by atoms with Gasteiger partial charge in [0.15, 0.2) is 11.3 Å². The number of carbonyl (C=O) groups is 1. The van der Waals surface area contributed by atoms with Crippen LogP contribution in [0, 0.1) is 0 Å². The second kappa shape index (κ2) is 8.61. The Balaban J connectivity index is 1.56. The predicted octanol–water partition coefficient (Wildman–Crippen LogP) is 3.48. The molecule has 0 fully saturated rings. The molecule has 2 aliphatic heterocycles. The third-order valence-electron chi connectivity index (χ3n) is 5.15. The van der Waals surface area contributed by atoms with Gasteiger partial charge in [0, 0.05) is 15.9 Å². The summed E-state index contributed by atoms with van der Waals surface area (Å²) in [5, 5.41) is 11.7. The number of amides is 1. The zero-order chi connectivity index (χ0) is 21.2. The highest BCUT2D eigenvalue weighted by Gasteiger charge is 2.34. The lowest BCUT2D eigenvalue weighted by Gasteiger charge is -2.34. The molecule has 5 nitrogen and oxygen atoms in total. The first-order chi connectivity index (χ1) is 15.2. The average molecular weight is 445 g/mol. The van der Waals surface area contributed by atoms with E-state index >= 15 is 0 Å². The molecule has 31 heavy (non-hydrogen) atoms. The number of amidine groups is 1. The van der Waals surface area contributed by atoms with Crippen LogP contribution in [0.4, 0.5) is 0 Å². The molecule has 0 saturated heterocycles. The van der Waals surface area contributed by atoms with E-state index in [2.05, 4.69) is 48.0 Å². The van der Waals surface area contributed by atoms with Gasteiger partial charge < -0.3 is 0 Å². The summed E-state index contributed by atoms with van der Waals surface area (Å²) < 4.78 is 0. The van der Waals surface area contributed by atoms with Crippen molar-refractivity contribution >= 4 is 40.3 Å². The lowest BCUT2D eigenvalue weighted by Crippen LogP contribution is -2.50. The fraction of sp³-hybridized carbons (Fsp3) is 0.125. The van der Waals surface area contributed by atoms with Crippen molar-refractivity contribution in [3.05, 3.63) is 101 Å². The van der Waals surface area contributed by atoms with Gasteiger partial charge in [-0.3, -0.25) is 15.1 Å². The van der Waals surface area contributed by atoms with Gasteiger partial charge >= 0.3 is 0 Å². The average Bonchev–Trinajstić information content (AvgIpc) is 2.83. The molecule has 1 atom stereocenters. The Labute approximate surface area is 189 Å². The Bertz CT molecular complexity index is 1270. The number of nitrogens with zero attached hydrogens (tertiary/aromatic N) is 3. The lowest BCUT2D eigenvalue weighted by molar-refractivity contribution is -0.116. The first kappa shape index (κ1) is 19.9. The summed E-state index contributed by atoms with van der Waals surface area (Å²) in [4.78, 5) is 19.3. The summed E-state index contributed by atoms with van der Waals surface area (Å²) in [5.74, 6) is 0.572. The Morgan fingerprint density at radius 1 is 0.968 bits per heavy atom. The number of fused-ring (bicyclic) bond motifs is 2. The fourth-order valence-corrected chi connectivity index (χ4v) is 4.83. The zero-order valence-corrected chi connectivity index (χ0v) is 18.5. The van der Waals surface area contributed by atoms with Crippen molar-refractivity contribution in [2.24, 2.45) is 10.1 Å². The van der Waals surface area contributed by atoms with Crippen LogP contribution in [-0.2, 0) is 10.5 Å². The van der Waals surface area contributed by atoms with Gasteiger partial charge in [-0.15, -0.1) is 16.9 Å². The maximum absolute atomic E-state index is 13.2. The smallest absolute Gasteiger partial charge is 0.276 e. The molecule has 3 aromatic carbocycles. The minimum absolute atomic E-state index is 0.154. The second-order valence-electron chi connectivity index (χ2n) is 7.12. The van der Waals surface area contributed by atoms with Crippen LogP contribution in [-0.4, -0.2) is 22.3 Å². The molecule has 7 heteroatoms. The Hall–Kier alpha value is -3.03. The molecule has 0 unspecified atom stereocenters. The van der Waals surface area contributed by atoms with E-state index in [4.69, 9.17) is 10.1 Å². The van der Waals surface area contributed by atoms with Crippen molar-refractivity contribution in [3.63, 3.8) is 0 Å². The quantitative estimate of drug-likeness (QED) is 0.626. The van der Waals surface area contributed by atoms with Crippen molar-refractivity contribution in [2.45, 2.75) is 16.8 Å². The predicted molar refractivity (Wildman–Crippen MR) is 127 cm³/mol. The maximum atomic E-state index is 13.2. The lowest BCUT2D eigenvalue weighted by atomic mass is 10.1. The molecule has 3 aromatic rings. The van der Waals surface area contributed by atoms with Crippen LogP contribution in [0.5, 0.6) is 0 Å². The van der Waals surface area contributed by atoms with E-state index in [1.54, 1.807) is 16.8 Å². The Morgan fingerprint density at radius 2 is 1.71 bits per heavy atom. The van der Waals surface area contributed by atoms with Gasteiger partial charge in [0.05, 0.1) is 5.36 Å². The number of benzene rings is 3. The number of carbonyl (C=O) groups excluding carboxylic acids is 1. The van der Waals surface area contributed by atoms with Crippen molar-refractivity contribution in [1.29, 1.82) is 0 Å². The normalized spacial score (nSPS) is 17.3. The number of rotatable bonds is 4. The molecular weight excluding hydrogens is 424 g/mol. The second-order valence-corrected chi connectivity index (χ2v) is 8.96. The van der Waals surface area contributed by atoms with Crippen molar-refractivity contribution in [2.75, 3.05) is 6.26 Å². The molecule has 0 bridgehead atoms. The number of thioether (sulfide) groups is 2. The highest BCUT2D eigenvalue weighted by atomic mass is 32.2. The van der Waals surface area contributed by atoms with Crippen LogP contribution in [0.3, 0.4) is 0 Å². The summed E-state index contributed by atoms with van der Waals surface area (Å²) in [7, 11) is 0. The number of hydrogen-bond acceptors (Lipinski definition) is 6. The molecule has 154 valence electrons. The molecule has 0 spiro atoms. The molecule has 0 saturated carbocycles. The molecular formula is C24H20N4OS2. The molecule has 5 rings (SSSR count). The third kappa shape index (κ3) is 3.98. The van der Waals surface area contributed by atoms with Crippen molar-refractivity contribution in [1.82, 2.24) is 10.3 Å². The minimum atomic E-state index is -0.390. The molecule has 2 heterocycles. The number of para-hydroxylation sites is 1. The van der Waals surface area contributed by atoms with Gasteiger partial charge in [-0.25, -0.2) is 5.01 Å². The van der Waals surface area contributed by atoms with E-state index in [0.29, 0.717) is 10.9 Å². The van der Waals surface area contributed by atoms with E-state index in [9.17, 15) is 4.79 Å². The highest BCUT2D eigenvalue weighted by Crippen LogP contribution is 2.32.